The van der Waals surface area contributed by atoms with Gasteiger partial charge in [0.2, 0.25) is 5.79 Å². The van der Waals surface area contributed by atoms with Gasteiger partial charge >= 0.3 is 0 Å². The first-order valence-corrected chi connectivity index (χ1v) is 3.56. The minimum Gasteiger partial charge on any atom is -0.343 e. The second-order valence-corrected chi connectivity index (χ2v) is 2.49. The van der Waals surface area contributed by atoms with Gasteiger partial charge in [-0.1, -0.05) is 12.2 Å². The zero-order chi connectivity index (χ0) is 6.86. The molecule has 54 valence electrons. The molecule has 0 aromatic carbocycles. The Kier molecular flexibility index (Phi) is 1.36. The van der Waals surface area contributed by atoms with E-state index >= 15 is 0 Å². The summed E-state index contributed by atoms with van der Waals surface area (Å²) in [5.41, 5.74) is 0. The maximum atomic E-state index is 5.43. The van der Waals surface area contributed by atoms with E-state index in [0.717, 1.165) is 19.6 Å². The Morgan fingerprint density at radius 2 is 1.60 bits per heavy atom. The lowest BCUT2D eigenvalue weighted by molar-refractivity contribution is -0.204. The lowest BCUT2D eigenvalue weighted by Crippen LogP contribution is -2.35. The summed E-state index contributed by atoms with van der Waals surface area (Å²) in [6.45, 7) is 1.60. The molecular formula is C8H10O2. The Labute approximate surface area is 60.1 Å². The van der Waals surface area contributed by atoms with E-state index in [0.29, 0.717) is 0 Å². The second kappa shape index (κ2) is 2.22. The molecule has 0 bridgehead atoms. The van der Waals surface area contributed by atoms with Crippen LogP contribution in [0.5, 0.6) is 0 Å². The minimum absolute atomic E-state index is 0.488. The fourth-order valence-electron chi connectivity index (χ4n) is 1.19. The molecule has 1 aliphatic carbocycles. The molecule has 0 unspecified atom stereocenters. The number of allylic oxidation sites excluding steroid dienone is 2. The normalized spacial score (nSPS) is 28.0. The molecule has 0 atom stereocenters. The van der Waals surface area contributed by atoms with E-state index in [1.165, 1.54) is 0 Å². The van der Waals surface area contributed by atoms with Gasteiger partial charge in [-0.2, -0.15) is 0 Å². The highest BCUT2D eigenvalue weighted by atomic mass is 16.7. The summed E-state index contributed by atoms with van der Waals surface area (Å²) in [5, 5.41) is 0. The minimum atomic E-state index is -0.488. The summed E-state index contributed by atoms with van der Waals surface area (Å²) in [4.78, 5) is 0. The standard InChI is InChI=1S/C8H10O2/c1-2-5-8(4-1)9-6-3-7-10-8/h1-2,4-5H,3,6-7H2. The van der Waals surface area contributed by atoms with Crippen molar-refractivity contribution < 1.29 is 9.47 Å². The quantitative estimate of drug-likeness (QED) is 0.501. The van der Waals surface area contributed by atoms with Crippen molar-refractivity contribution in [3.63, 3.8) is 0 Å². The average Bonchev–Trinajstić information content (AvgIpc) is 2.39. The Balaban J connectivity index is 2.13. The van der Waals surface area contributed by atoms with Gasteiger partial charge in [0.15, 0.2) is 0 Å². The average molecular weight is 138 g/mol. The molecule has 2 rings (SSSR count). The van der Waals surface area contributed by atoms with Crippen LogP contribution in [0.2, 0.25) is 0 Å². The molecule has 1 spiro atoms. The molecule has 1 fully saturated rings. The highest BCUT2D eigenvalue weighted by Gasteiger charge is 2.30. The van der Waals surface area contributed by atoms with Crippen molar-refractivity contribution in [1.29, 1.82) is 0 Å². The van der Waals surface area contributed by atoms with Crippen LogP contribution < -0.4 is 0 Å². The van der Waals surface area contributed by atoms with E-state index in [1.807, 2.05) is 24.3 Å². The molecule has 0 radical (unpaired) electrons. The van der Waals surface area contributed by atoms with Gasteiger partial charge in [-0.25, -0.2) is 0 Å². The van der Waals surface area contributed by atoms with E-state index in [-0.39, 0.29) is 0 Å². The van der Waals surface area contributed by atoms with E-state index in [2.05, 4.69) is 0 Å². The van der Waals surface area contributed by atoms with Crippen molar-refractivity contribution in [3.05, 3.63) is 24.3 Å². The molecule has 0 aromatic heterocycles. The zero-order valence-electron chi connectivity index (χ0n) is 5.75. The summed E-state index contributed by atoms with van der Waals surface area (Å²) in [5.74, 6) is -0.488. The van der Waals surface area contributed by atoms with Crippen LogP contribution in [0.4, 0.5) is 0 Å². The van der Waals surface area contributed by atoms with Crippen molar-refractivity contribution in [3.8, 4) is 0 Å². The van der Waals surface area contributed by atoms with Crippen molar-refractivity contribution in [2.24, 2.45) is 0 Å². The van der Waals surface area contributed by atoms with Crippen molar-refractivity contribution >= 4 is 0 Å². The first-order chi connectivity index (χ1) is 4.91. The monoisotopic (exact) mass is 138 g/mol. The lowest BCUT2D eigenvalue weighted by atomic mass is 10.3. The summed E-state index contributed by atoms with van der Waals surface area (Å²) in [6, 6.07) is 0. The smallest absolute Gasteiger partial charge is 0.208 e. The van der Waals surface area contributed by atoms with Gasteiger partial charge in [0.1, 0.15) is 0 Å². The molecule has 0 aromatic rings. The van der Waals surface area contributed by atoms with Gasteiger partial charge < -0.3 is 9.47 Å². The molecule has 2 nitrogen and oxygen atoms in total. The van der Waals surface area contributed by atoms with Gasteiger partial charge in [-0.3, -0.25) is 0 Å². The van der Waals surface area contributed by atoms with Crippen LogP contribution in [0.15, 0.2) is 24.3 Å². The van der Waals surface area contributed by atoms with Crippen LogP contribution in [0, 0.1) is 0 Å². The molecule has 2 aliphatic rings. The largest absolute Gasteiger partial charge is 0.343 e. The van der Waals surface area contributed by atoms with Gasteiger partial charge in [0.25, 0.3) is 0 Å². The maximum absolute atomic E-state index is 5.43. The number of ether oxygens (including phenoxy) is 2. The predicted molar refractivity (Wildman–Crippen MR) is 37.5 cm³/mol. The third kappa shape index (κ3) is 0.895. The first-order valence-electron chi connectivity index (χ1n) is 3.56. The molecular weight excluding hydrogens is 128 g/mol. The third-order valence-electron chi connectivity index (χ3n) is 1.71. The van der Waals surface area contributed by atoms with Gasteiger partial charge in [0, 0.05) is 0 Å². The fraction of sp³-hybridized carbons (Fsp3) is 0.500. The maximum Gasteiger partial charge on any atom is 0.208 e. The lowest BCUT2D eigenvalue weighted by Gasteiger charge is -2.30. The first kappa shape index (κ1) is 6.13. The van der Waals surface area contributed by atoms with Crippen molar-refractivity contribution in [2.45, 2.75) is 12.2 Å². The molecule has 1 heterocycles. The van der Waals surface area contributed by atoms with Crippen LogP contribution in [0.1, 0.15) is 6.42 Å². The molecule has 2 heteroatoms. The zero-order valence-corrected chi connectivity index (χ0v) is 5.75. The summed E-state index contributed by atoms with van der Waals surface area (Å²) >= 11 is 0. The second-order valence-electron chi connectivity index (χ2n) is 2.49. The van der Waals surface area contributed by atoms with Gasteiger partial charge in [-0.05, 0) is 18.6 Å². The van der Waals surface area contributed by atoms with Crippen molar-refractivity contribution in [2.75, 3.05) is 13.2 Å². The van der Waals surface area contributed by atoms with Crippen LogP contribution in [0.3, 0.4) is 0 Å². The molecule has 0 amide bonds. The predicted octanol–water partition coefficient (Wildman–Crippen LogP) is 1.25. The molecule has 0 N–H and O–H groups in total. The summed E-state index contributed by atoms with van der Waals surface area (Å²) in [6.07, 6.45) is 8.78. The van der Waals surface area contributed by atoms with Crippen LogP contribution >= 0.6 is 0 Å². The number of hydrogen-bond donors (Lipinski definition) is 0. The fourth-order valence-corrected chi connectivity index (χ4v) is 1.19. The van der Waals surface area contributed by atoms with E-state index in [1.54, 1.807) is 0 Å². The van der Waals surface area contributed by atoms with E-state index < -0.39 is 5.79 Å². The molecule has 1 aliphatic heterocycles. The van der Waals surface area contributed by atoms with Crippen molar-refractivity contribution in [1.82, 2.24) is 0 Å². The highest BCUT2D eigenvalue weighted by Crippen LogP contribution is 2.25. The Bertz CT molecular complexity index is 162. The SMILES string of the molecule is C1=CC2(C=C1)OCCCO2. The van der Waals surface area contributed by atoms with E-state index in [4.69, 9.17) is 9.47 Å². The Morgan fingerprint density at radius 1 is 1.00 bits per heavy atom. The molecule has 0 saturated carbocycles. The number of rotatable bonds is 0. The van der Waals surface area contributed by atoms with Gasteiger partial charge in [0.05, 0.1) is 13.2 Å². The summed E-state index contributed by atoms with van der Waals surface area (Å²) in [7, 11) is 0. The van der Waals surface area contributed by atoms with Crippen LogP contribution in [0.25, 0.3) is 0 Å². The molecule has 1 saturated heterocycles. The Morgan fingerprint density at radius 3 is 2.20 bits per heavy atom. The van der Waals surface area contributed by atoms with E-state index in [9.17, 15) is 0 Å². The number of hydrogen-bond acceptors (Lipinski definition) is 2. The van der Waals surface area contributed by atoms with Gasteiger partial charge in [-0.15, -0.1) is 0 Å². The van der Waals surface area contributed by atoms with Crippen LogP contribution in [-0.4, -0.2) is 19.0 Å². The highest BCUT2D eigenvalue weighted by molar-refractivity contribution is 5.24. The topological polar surface area (TPSA) is 18.5 Å². The molecule has 10 heavy (non-hydrogen) atoms. The van der Waals surface area contributed by atoms with Crippen LogP contribution in [-0.2, 0) is 9.47 Å². The summed E-state index contributed by atoms with van der Waals surface area (Å²) < 4.78 is 10.9. The Hall–Kier alpha value is -0.600. The third-order valence-corrected chi connectivity index (χ3v) is 1.71.